The van der Waals surface area contributed by atoms with Crippen LogP contribution in [0.1, 0.15) is 30.0 Å². The van der Waals surface area contributed by atoms with Gasteiger partial charge in [-0.25, -0.2) is 0 Å². The zero-order valence-corrected chi connectivity index (χ0v) is 10.0. The van der Waals surface area contributed by atoms with E-state index in [0.29, 0.717) is 6.04 Å². The van der Waals surface area contributed by atoms with Crippen LogP contribution in [-0.4, -0.2) is 13.1 Å². The molecule has 1 heteroatoms. The van der Waals surface area contributed by atoms with Gasteiger partial charge in [0.1, 0.15) is 0 Å². The molecule has 1 aromatic carbocycles. The molecule has 2 rings (SSSR count). The molecule has 0 fully saturated rings. The fourth-order valence-corrected chi connectivity index (χ4v) is 2.57. The number of fused-ring (bicyclic) bond motifs is 1. The van der Waals surface area contributed by atoms with E-state index in [-0.39, 0.29) is 0 Å². The molecule has 2 unspecified atom stereocenters. The molecule has 0 saturated heterocycles. The first-order valence-electron chi connectivity index (χ1n) is 5.96. The molecule has 0 aliphatic heterocycles. The summed E-state index contributed by atoms with van der Waals surface area (Å²) in [4.78, 5) is 0. The molecule has 1 N–H and O–H groups in total. The van der Waals surface area contributed by atoms with Gasteiger partial charge in [0.15, 0.2) is 0 Å². The number of hydrogen-bond donors (Lipinski definition) is 1. The molecule has 0 bridgehead atoms. The molecular formula is C14H21N. The van der Waals surface area contributed by atoms with Crippen molar-refractivity contribution < 1.29 is 0 Å². The lowest BCUT2D eigenvalue weighted by Gasteiger charge is -2.29. The smallest absolute Gasteiger partial charge is 0.00672 e. The van der Waals surface area contributed by atoms with Crippen LogP contribution in [0.25, 0.3) is 0 Å². The van der Waals surface area contributed by atoms with Gasteiger partial charge in [0.25, 0.3) is 0 Å². The van der Waals surface area contributed by atoms with E-state index in [1.807, 2.05) is 0 Å². The van der Waals surface area contributed by atoms with Gasteiger partial charge in [-0.05, 0) is 57.2 Å². The fourth-order valence-electron chi connectivity index (χ4n) is 2.57. The highest BCUT2D eigenvalue weighted by molar-refractivity contribution is 5.33. The minimum Gasteiger partial charge on any atom is -0.317 e. The number of benzene rings is 1. The Balaban J connectivity index is 2.16. The molecule has 0 aromatic heterocycles. The molecule has 82 valence electrons. The largest absolute Gasteiger partial charge is 0.317 e. The highest BCUT2D eigenvalue weighted by Crippen LogP contribution is 2.28. The molecule has 1 aliphatic carbocycles. The molecule has 0 radical (unpaired) electrons. The Morgan fingerprint density at radius 1 is 1.33 bits per heavy atom. The summed E-state index contributed by atoms with van der Waals surface area (Å²) in [5, 5.41) is 3.38. The first-order chi connectivity index (χ1) is 7.20. The number of aryl methyl sites for hydroxylation is 2. The predicted octanol–water partition coefficient (Wildman–Crippen LogP) is 2.71. The van der Waals surface area contributed by atoms with Crippen molar-refractivity contribution in [1.29, 1.82) is 0 Å². The quantitative estimate of drug-likeness (QED) is 0.779. The lowest BCUT2D eigenvalue weighted by Crippen LogP contribution is -2.34. The van der Waals surface area contributed by atoms with Gasteiger partial charge in [-0.2, -0.15) is 0 Å². The molecule has 1 aliphatic rings. The molecule has 0 spiro atoms. The zero-order valence-electron chi connectivity index (χ0n) is 10.0. The zero-order chi connectivity index (χ0) is 10.8. The maximum Gasteiger partial charge on any atom is 0.00672 e. The summed E-state index contributed by atoms with van der Waals surface area (Å²) in [7, 11) is 2.06. The lowest BCUT2D eigenvalue weighted by molar-refractivity contribution is 0.354. The van der Waals surface area contributed by atoms with Crippen molar-refractivity contribution in [2.24, 2.45) is 5.92 Å². The van der Waals surface area contributed by atoms with Crippen LogP contribution in [0.5, 0.6) is 0 Å². The van der Waals surface area contributed by atoms with Gasteiger partial charge in [0.05, 0.1) is 0 Å². The van der Waals surface area contributed by atoms with Crippen LogP contribution >= 0.6 is 0 Å². The Kier molecular flexibility index (Phi) is 3.11. The van der Waals surface area contributed by atoms with Crippen molar-refractivity contribution >= 4 is 0 Å². The summed E-state index contributed by atoms with van der Waals surface area (Å²) in [5.74, 6) is 0.810. The summed E-state index contributed by atoms with van der Waals surface area (Å²) in [6, 6.07) is 7.56. The third kappa shape index (κ3) is 2.23. The minimum absolute atomic E-state index is 0.638. The number of nitrogens with one attached hydrogen (secondary N) is 1. The second-order valence-corrected chi connectivity index (χ2v) is 4.85. The summed E-state index contributed by atoms with van der Waals surface area (Å²) in [5.41, 5.74) is 4.54. The Morgan fingerprint density at radius 3 is 2.87 bits per heavy atom. The van der Waals surface area contributed by atoms with Crippen molar-refractivity contribution in [3.63, 3.8) is 0 Å². The molecule has 1 aromatic rings. The summed E-state index contributed by atoms with van der Waals surface area (Å²) < 4.78 is 0. The summed E-state index contributed by atoms with van der Waals surface area (Å²) in [6.07, 6.45) is 3.84. The monoisotopic (exact) mass is 203 g/mol. The molecule has 15 heavy (non-hydrogen) atoms. The van der Waals surface area contributed by atoms with Crippen molar-refractivity contribution in [3.05, 3.63) is 34.9 Å². The van der Waals surface area contributed by atoms with E-state index in [1.54, 1.807) is 11.1 Å². The van der Waals surface area contributed by atoms with Gasteiger partial charge in [-0.1, -0.05) is 23.8 Å². The summed E-state index contributed by atoms with van der Waals surface area (Å²) >= 11 is 0. The van der Waals surface area contributed by atoms with Crippen LogP contribution < -0.4 is 5.32 Å². The topological polar surface area (TPSA) is 12.0 Å². The van der Waals surface area contributed by atoms with Gasteiger partial charge < -0.3 is 5.32 Å². The maximum absolute atomic E-state index is 3.38. The van der Waals surface area contributed by atoms with Crippen molar-refractivity contribution in [2.45, 2.75) is 39.2 Å². The van der Waals surface area contributed by atoms with E-state index in [0.717, 1.165) is 5.92 Å². The minimum atomic E-state index is 0.638. The molecule has 1 nitrogen and oxygen atoms in total. The Bertz CT molecular complexity index is 343. The fraction of sp³-hybridized carbons (Fsp3) is 0.571. The van der Waals surface area contributed by atoms with Crippen LogP contribution in [0.4, 0.5) is 0 Å². The van der Waals surface area contributed by atoms with Gasteiger partial charge in [-0.3, -0.25) is 0 Å². The van der Waals surface area contributed by atoms with Gasteiger partial charge in [0.2, 0.25) is 0 Å². The number of rotatable bonds is 2. The van der Waals surface area contributed by atoms with Crippen molar-refractivity contribution in [2.75, 3.05) is 7.05 Å². The van der Waals surface area contributed by atoms with Crippen LogP contribution in [0.3, 0.4) is 0 Å². The SMILES string of the molecule is CNC(C)C1CCc2cc(C)ccc2C1. The lowest BCUT2D eigenvalue weighted by atomic mass is 9.80. The summed E-state index contributed by atoms with van der Waals surface area (Å²) in [6.45, 7) is 4.48. The molecule has 0 heterocycles. The van der Waals surface area contributed by atoms with E-state index in [1.165, 1.54) is 24.8 Å². The highest BCUT2D eigenvalue weighted by atomic mass is 14.9. The average Bonchev–Trinajstić information content (AvgIpc) is 2.27. The van der Waals surface area contributed by atoms with Crippen molar-refractivity contribution in [3.8, 4) is 0 Å². The van der Waals surface area contributed by atoms with Gasteiger partial charge in [0, 0.05) is 6.04 Å². The normalized spacial score (nSPS) is 22.2. The standard InChI is InChI=1S/C14H21N/c1-10-4-5-14-9-12(11(2)15-3)6-7-13(14)8-10/h4-5,8,11-12,15H,6-7,9H2,1-3H3. The first kappa shape index (κ1) is 10.7. The van der Waals surface area contributed by atoms with Crippen LogP contribution in [0.15, 0.2) is 18.2 Å². The van der Waals surface area contributed by atoms with Gasteiger partial charge >= 0.3 is 0 Å². The molecular weight excluding hydrogens is 182 g/mol. The van der Waals surface area contributed by atoms with E-state index >= 15 is 0 Å². The average molecular weight is 203 g/mol. The van der Waals surface area contributed by atoms with Gasteiger partial charge in [-0.15, -0.1) is 0 Å². The van der Waals surface area contributed by atoms with Crippen LogP contribution in [-0.2, 0) is 12.8 Å². The molecule has 0 amide bonds. The van der Waals surface area contributed by atoms with Crippen LogP contribution in [0, 0.1) is 12.8 Å². The van der Waals surface area contributed by atoms with Crippen LogP contribution in [0.2, 0.25) is 0 Å². The number of hydrogen-bond acceptors (Lipinski definition) is 1. The van der Waals surface area contributed by atoms with E-state index in [9.17, 15) is 0 Å². The third-order valence-electron chi connectivity index (χ3n) is 3.79. The third-order valence-corrected chi connectivity index (χ3v) is 3.79. The van der Waals surface area contributed by atoms with E-state index < -0.39 is 0 Å². The Labute approximate surface area is 92.9 Å². The second kappa shape index (κ2) is 4.36. The molecule has 0 saturated carbocycles. The van der Waals surface area contributed by atoms with E-state index in [2.05, 4.69) is 44.4 Å². The highest BCUT2D eigenvalue weighted by Gasteiger charge is 2.22. The first-order valence-corrected chi connectivity index (χ1v) is 5.96. The maximum atomic E-state index is 3.38. The Morgan fingerprint density at radius 2 is 2.13 bits per heavy atom. The van der Waals surface area contributed by atoms with Crippen molar-refractivity contribution in [1.82, 2.24) is 5.32 Å². The molecule has 2 atom stereocenters. The Hall–Kier alpha value is -0.820. The second-order valence-electron chi connectivity index (χ2n) is 4.85. The predicted molar refractivity (Wildman–Crippen MR) is 65.2 cm³/mol. The van der Waals surface area contributed by atoms with E-state index in [4.69, 9.17) is 0 Å².